The number of carbonyl (C=O) groups is 1. The summed E-state index contributed by atoms with van der Waals surface area (Å²) >= 11 is 0. The standard InChI is InChI=1S/C14H19NO/c1-14(9-5-6-10-14)13(16)15-11-12-7-3-2-4-8-12/h2-4,7-8H,5-6,9-11H2,1H3,(H,15,16). The summed E-state index contributed by atoms with van der Waals surface area (Å²) in [5.41, 5.74) is 1.05. The molecule has 2 rings (SSSR count). The first-order valence-corrected chi connectivity index (χ1v) is 6.03. The summed E-state index contributed by atoms with van der Waals surface area (Å²) in [6.07, 6.45) is 4.45. The molecule has 0 spiro atoms. The topological polar surface area (TPSA) is 29.1 Å². The summed E-state index contributed by atoms with van der Waals surface area (Å²) in [6, 6.07) is 10.1. The van der Waals surface area contributed by atoms with E-state index in [1.807, 2.05) is 30.3 Å². The maximum atomic E-state index is 12.0. The van der Waals surface area contributed by atoms with E-state index in [0.717, 1.165) is 18.4 Å². The number of amides is 1. The van der Waals surface area contributed by atoms with Gasteiger partial charge in [-0.3, -0.25) is 4.79 Å². The van der Waals surface area contributed by atoms with Gasteiger partial charge in [0.05, 0.1) is 0 Å². The summed E-state index contributed by atoms with van der Waals surface area (Å²) < 4.78 is 0. The Morgan fingerprint density at radius 1 is 1.25 bits per heavy atom. The fraction of sp³-hybridized carbons (Fsp3) is 0.500. The van der Waals surface area contributed by atoms with E-state index in [-0.39, 0.29) is 11.3 Å². The highest BCUT2D eigenvalue weighted by atomic mass is 16.2. The van der Waals surface area contributed by atoms with Crippen molar-refractivity contribution in [1.82, 2.24) is 5.32 Å². The lowest BCUT2D eigenvalue weighted by Crippen LogP contribution is -2.36. The molecule has 16 heavy (non-hydrogen) atoms. The lowest BCUT2D eigenvalue weighted by molar-refractivity contribution is -0.130. The van der Waals surface area contributed by atoms with E-state index in [0.29, 0.717) is 6.54 Å². The van der Waals surface area contributed by atoms with Gasteiger partial charge in [0.2, 0.25) is 5.91 Å². The monoisotopic (exact) mass is 217 g/mol. The molecule has 1 aromatic carbocycles. The van der Waals surface area contributed by atoms with Crippen LogP contribution in [-0.2, 0) is 11.3 Å². The van der Waals surface area contributed by atoms with E-state index < -0.39 is 0 Å². The van der Waals surface area contributed by atoms with Gasteiger partial charge >= 0.3 is 0 Å². The van der Waals surface area contributed by atoms with Crippen molar-refractivity contribution in [2.24, 2.45) is 5.41 Å². The zero-order valence-corrected chi connectivity index (χ0v) is 9.83. The number of hydrogen-bond donors (Lipinski definition) is 1. The van der Waals surface area contributed by atoms with Crippen molar-refractivity contribution in [3.63, 3.8) is 0 Å². The Bertz CT molecular complexity index is 352. The van der Waals surface area contributed by atoms with Crippen LogP contribution in [0.15, 0.2) is 30.3 Å². The summed E-state index contributed by atoms with van der Waals surface area (Å²) in [6.45, 7) is 2.73. The number of carbonyl (C=O) groups excluding carboxylic acids is 1. The Labute approximate surface area is 97.1 Å². The molecule has 1 saturated carbocycles. The van der Waals surface area contributed by atoms with Crippen LogP contribution in [0.3, 0.4) is 0 Å². The molecular weight excluding hydrogens is 198 g/mol. The third kappa shape index (κ3) is 2.43. The van der Waals surface area contributed by atoms with Gasteiger partial charge < -0.3 is 5.32 Å². The van der Waals surface area contributed by atoms with E-state index in [1.165, 1.54) is 12.8 Å². The minimum atomic E-state index is -0.116. The smallest absolute Gasteiger partial charge is 0.226 e. The Kier molecular flexibility index (Phi) is 3.28. The van der Waals surface area contributed by atoms with Gasteiger partial charge in [-0.2, -0.15) is 0 Å². The van der Waals surface area contributed by atoms with Crippen molar-refractivity contribution in [1.29, 1.82) is 0 Å². The molecule has 1 amide bonds. The fourth-order valence-electron chi connectivity index (χ4n) is 2.37. The maximum absolute atomic E-state index is 12.0. The van der Waals surface area contributed by atoms with Crippen LogP contribution >= 0.6 is 0 Å². The molecule has 1 N–H and O–H groups in total. The van der Waals surface area contributed by atoms with Crippen LogP contribution in [-0.4, -0.2) is 5.91 Å². The van der Waals surface area contributed by atoms with Crippen molar-refractivity contribution < 1.29 is 4.79 Å². The molecule has 0 heterocycles. The van der Waals surface area contributed by atoms with E-state index in [1.54, 1.807) is 0 Å². The molecule has 0 aromatic heterocycles. The van der Waals surface area contributed by atoms with Gasteiger partial charge in [0.25, 0.3) is 0 Å². The molecule has 0 aliphatic heterocycles. The van der Waals surface area contributed by atoms with Crippen LogP contribution in [0.1, 0.15) is 38.2 Å². The van der Waals surface area contributed by atoms with Crippen molar-refractivity contribution in [2.45, 2.75) is 39.2 Å². The second kappa shape index (κ2) is 4.69. The second-order valence-corrected chi connectivity index (χ2v) is 4.94. The van der Waals surface area contributed by atoms with Crippen LogP contribution in [0.4, 0.5) is 0 Å². The van der Waals surface area contributed by atoms with Gasteiger partial charge in [-0.25, -0.2) is 0 Å². The highest BCUT2D eigenvalue weighted by Gasteiger charge is 2.35. The Morgan fingerprint density at radius 3 is 2.50 bits per heavy atom. The normalized spacial score (nSPS) is 18.3. The molecule has 86 valence electrons. The summed E-state index contributed by atoms with van der Waals surface area (Å²) in [5.74, 6) is 0.217. The first-order chi connectivity index (χ1) is 7.71. The van der Waals surface area contributed by atoms with Gasteiger partial charge in [0, 0.05) is 12.0 Å². The highest BCUT2D eigenvalue weighted by molar-refractivity contribution is 5.82. The van der Waals surface area contributed by atoms with E-state index in [9.17, 15) is 4.79 Å². The van der Waals surface area contributed by atoms with Gasteiger partial charge in [0.15, 0.2) is 0 Å². The molecule has 1 aliphatic rings. The summed E-state index contributed by atoms with van der Waals surface area (Å²) in [4.78, 5) is 12.0. The molecule has 2 nitrogen and oxygen atoms in total. The third-order valence-electron chi connectivity index (χ3n) is 3.55. The van der Waals surface area contributed by atoms with Gasteiger partial charge in [0.1, 0.15) is 0 Å². The molecule has 0 bridgehead atoms. The van der Waals surface area contributed by atoms with E-state index >= 15 is 0 Å². The predicted octanol–water partition coefficient (Wildman–Crippen LogP) is 2.88. The SMILES string of the molecule is CC1(C(=O)NCc2ccccc2)CCCC1. The molecule has 2 heteroatoms. The molecule has 0 saturated heterocycles. The Balaban J connectivity index is 1.89. The van der Waals surface area contributed by atoms with Crippen LogP contribution in [0.2, 0.25) is 0 Å². The lowest BCUT2D eigenvalue weighted by Gasteiger charge is -2.22. The third-order valence-corrected chi connectivity index (χ3v) is 3.55. The second-order valence-electron chi connectivity index (χ2n) is 4.94. The zero-order valence-electron chi connectivity index (χ0n) is 9.83. The molecule has 1 aromatic rings. The number of benzene rings is 1. The first kappa shape index (κ1) is 11.2. The van der Waals surface area contributed by atoms with Crippen LogP contribution in [0.25, 0.3) is 0 Å². The molecule has 0 radical (unpaired) electrons. The number of hydrogen-bond acceptors (Lipinski definition) is 1. The van der Waals surface area contributed by atoms with Crippen molar-refractivity contribution >= 4 is 5.91 Å². The lowest BCUT2D eigenvalue weighted by atomic mass is 9.88. The predicted molar refractivity (Wildman–Crippen MR) is 64.9 cm³/mol. The van der Waals surface area contributed by atoms with E-state index in [4.69, 9.17) is 0 Å². The average molecular weight is 217 g/mol. The van der Waals surface area contributed by atoms with Gasteiger partial charge in [-0.05, 0) is 18.4 Å². The zero-order chi connectivity index (χ0) is 11.4. The maximum Gasteiger partial charge on any atom is 0.226 e. The van der Waals surface area contributed by atoms with E-state index in [2.05, 4.69) is 12.2 Å². The fourth-order valence-corrected chi connectivity index (χ4v) is 2.37. The first-order valence-electron chi connectivity index (χ1n) is 6.03. The largest absolute Gasteiger partial charge is 0.352 e. The Hall–Kier alpha value is -1.31. The molecule has 1 aliphatic carbocycles. The van der Waals surface area contributed by atoms with Gasteiger partial charge in [-0.15, -0.1) is 0 Å². The minimum Gasteiger partial charge on any atom is -0.352 e. The summed E-state index contributed by atoms with van der Waals surface area (Å²) in [5, 5.41) is 3.04. The van der Waals surface area contributed by atoms with Crippen molar-refractivity contribution in [3.05, 3.63) is 35.9 Å². The minimum absolute atomic E-state index is 0.116. The molecule has 1 fully saturated rings. The van der Waals surface area contributed by atoms with Crippen LogP contribution in [0, 0.1) is 5.41 Å². The van der Waals surface area contributed by atoms with Crippen molar-refractivity contribution in [3.8, 4) is 0 Å². The summed E-state index contributed by atoms with van der Waals surface area (Å²) in [7, 11) is 0. The quantitative estimate of drug-likeness (QED) is 0.828. The number of nitrogens with one attached hydrogen (secondary N) is 1. The molecule has 0 unspecified atom stereocenters. The van der Waals surface area contributed by atoms with Gasteiger partial charge in [-0.1, -0.05) is 50.1 Å². The van der Waals surface area contributed by atoms with Crippen molar-refractivity contribution in [2.75, 3.05) is 0 Å². The molecule has 0 atom stereocenters. The van der Waals surface area contributed by atoms with Crippen LogP contribution in [0.5, 0.6) is 0 Å². The molecular formula is C14H19NO. The van der Waals surface area contributed by atoms with Crippen LogP contribution < -0.4 is 5.32 Å². The number of rotatable bonds is 3. The average Bonchev–Trinajstić information content (AvgIpc) is 2.76. The Morgan fingerprint density at radius 2 is 1.88 bits per heavy atom. The highest BCUT2D eigenvalue weighted by Crippen LogP contribution is 2.37.